The van der Waals surface area contributed by atoms with Crippen molar-refractivity contribution in [1.29, 1.82) is 0 Å². The molecule has 1 aliphatic rings. The maximum absolute atomic E-state index is 14.0. The molecule has 3 aromatic carbocycles. The molecule has 1 aliphatic heterocycles. The number of aliphatic hydroxyl groups excluding tert-OH is 1. The van der Waals surface area contributed by atoms with Crippen LogP contribution in [0.1, 0.15) is 64.3 Å². The molecule has 3 amide bonds. The van der Waals surface area contributed by atoms with Crippen LogP contribution in [0.15, 0.2) is 84.4 Å². The lowest BCUT2D eigenvalue weighted by atomic mass is 9.85. The maximum atomic E-state index is 14.0. The second kappa shape index (κ2) is 21.1. The number of amides is 3. The molecule has 0 saturated carbocycles. The molecule has 3 N–H and O–H groups in total. The first-order valence-electron chi connectivity index (χ1n) is 21.2. The van der Waals surface area contributed by atoms with Crippen molar-refractivity contribution in [3.63, 3.8) is 0 Å². The van der Waals surface area contributed by atoms with Crippen LogP contribution in [0.3, 0.4) is 0 Å². The number of hydrogen-bond acceptors (Lipinski definition) is 11. The van der Waals surface area contributed by atoms with E-state index in [4.69, 9.17) is 19.2 Å². The van der Waals surface area contributed by atoms with Crippen molar-refractivity contribution in [3.8, 4) is 27.4 Å². The van der Waals surface area contributed by atoms with E-state index in [0.29, 0.717) is 39.3 Å². The molecule has 1 saturated heterocycles. The molecule has 1 fully saturated rings. The summed E-state index contributed by atoms with van der Waals surface area (Å²) in [4.78, 5) is 54.4. The highest BCUT2D eigenvalue weighted by atomic mass is 32.1. The smallest absolute Gasteiger partial charge is 0.246 e. The zero-order valence-corrected chi connectivity index (χ0v) is 37.7. The Kier molecular flexibility index (Phi) is 15.7. The maximum Gasteiger partial charge on any atom is 0.246 e. The molecule has 4 atom stereocenters. The lowest BCUT2D eigenvalue weighted by Crippen LogP contribution is -2.58. The summed E-state index contributed by atoms with van der Waals surface area (Å²) in [6, 6.07) is 24.1. The molecule has 330 valence electrons. The fourth-order valence-corrected chi connectivity index (χ4v) is 8.20. The van der Waals surface area contributed by atoms with Gasteiger partial charge in [0.2, 0.25) is 17.7 Å². The van der Waals surface area contributed by atoms with E-state index in [2.05, 4.69) is 50.8 Å². The van der Waals surface area contributed by atoms with Crippen molar-refractivity contribution >= 4 is 45.6 Å². The highest BCUT2D eigenvalue weighted by Crippen LogP contribution is 2.30. The lowest BCUT2D eigenvalue weighted by Gasteiger charge is -2.35. The number of aromatic nitrogens is 2. The summed E-state index contributed by atoms with van der Waals surface area (Å²) in [5, 5.41) is 17.5. The average Bonchev–Trinajstić information content (AvgIpc) is 3.87. The van der Waals surface area contributed by atoms with Gasteiger partial charge in [-0.2, -0.15) is 0 Å². The van der Waals surface area contributed by atoms with Crippen molar-refractivity contribution in [2.24, 2.45) is 5.41 Å². The van der Waals surface area contributed by atoms with Crippen molar-refractivity contribution in [2.75, 3.05) is 58.6 Å². The minimum Gasteiger partial charge on any atom is -0.493 e. The number of aryl methyl sites for hydroxylation is 1. The summed E-state index contributed by atoms with van der Waals surface area (Å²) >= 11 is 1.58. The Balaban J connectivity index is 0.879. The van der Waals surface area contributed by atoms with Crippen LogP contribution >= 0.6 is 11.3 Å². The Bertz CT molecular complexity index is 2270. The highest BCUT2D eigenvalue weighted by molar-refractivity contribution is 7.13. The first-order chi connectivity index (χ1) is 29.7. The standard InChI is InChI=1S/C48H60N6O7S/c1-31(33-10-12-35(13-11-33)44-32(2)49-30-62-44)50-46(57)42-27-38(55)28-54(42)47(58)45(48(3,4)5)52-43(56)29-60-24-8-22-59-23-9-25-61-39-19-21-41-36(26-39)16-20-40(51-41)34-14-17-37(18-15-34)53(6)7/h10-21,26,30-31,38,42,45,55H,8-9,22-25,27-29H2,1-7H3,(H,50,57)(H,52,56)/t31?,38-,42+,45?/m1/s1. The first kappa shape index (κ1) is 46.1. The summed E-state index contributed by atoms with van der Waals surface area (Å²) < 4.78 is 17.3. The second-order valence-corrected chi connectivity index (χ2v) is 17.9. The number of aliphatic hydroxyl groups is 1. The Labute approximate surface area is 368 Å². The van der Waals surface area contributed by atoms with E-state index < -0.39 is 35.4 Å². The largest absolute Gasteiger partial charge is 0.493 e. The van der Waals surface area contributed by atoms with Crippen molar-refractivity contribution in [3.05, 3.63) is 95.6 Å². The number of benzene rings is 3. The number of ether oxygens (including phenoxy) is 3. The van der Waals surface area contributed by atoms with E-state index in [9.17, 15) is 19.5 Å². The molecule has 62 heavy (non-hydrogen) atoms. The van der Waals surface area contributed by atoms with Crippen LogP contribution in [0.4, 0.5) is 5.69 Å². The van der Waals surface area contributed by atoms with Crippen molar-refractivity contribution < 1.29 is 33.7 Å². The van der Waals surface area contributed by atoms with E-state index in [1.54, 1.807) is 11.3 Å². The number of pyridine rings is 1. The number of fused-ring (bicyclic) bond motifs is 1. The van der Waals surface area contributed by atoms with Gasteiger partial charge in [0.1, 0.15) is 24.4 Å². The molecular formula is C48H60N6O7S. The van der Waals surface area contributed by atoms with Gasteiger partial charge in [0.15, 0.2) is 0 Å². The normalized spacial score (nSPS) is 16.2. The highest BCUT2D eigenvalue weighted by Gasteiger charge is 2.44. The molecule has 2 aromatic heterocycles. The molecule has 0 radical (unpaired) electrons. The quantitative estimate of drug-likeness (QED) is 0.0743. The summed E-state index contributed by atoms with van der Waals surface area (Å²) in [7, 11) is 4.05. The zero-order valence-electron chi connectivity index (χ0n) is 36.9. The Morgan fingerprint density at radius 3 is 2.27 bits per heavy atom. The molecule has 0 spiro atoms. The number of nitrogens with one attached hydrogen (secondary N) is 2. The van der Waals surface area contributed by atoms with Gasteiger partial charge in [0.25, 0.3) is 0 Å². The fraction of sp³-hybridized carbons (Fsp3) is 0.438. The van der Waals surface area contributed by atoms with E-state index in [0.717, 1.165) is 55.3 Å². The Hall–Kier alpha value is -5.41. The van der Waals surface area contributed by atoms with Crippen LogP contribution in [0.25, 0.3) is 32.6 Å². The third-order valence-corrected chi connectivity index (χ3v) is 11.9. The van der Waals surface area contributed by atoms with Gasteiger partial charge >= 0.3 is 0 Å². The minimum absolute atomic E-state index is 0.00475. The summed E-state index contributed by atoms with van der Waals surface area (Å²) in [6.45, 7) is 11.0. The van der Waals surface area contributed by atoms with E-state index >= 15 is 0 Å². The van der Waals surface area contributed by atoms with Gasteiger partial charge in [-0.1, -0.05) is 63.2 Å². The van der Waals surface area contributed by atoms with Gasteiger partial charge < -0.3 is 39.8 Å². The molecule has 14 heteroatoms. The van der Waals surface area contributed by atoms with Crippen LogP contribution in [-0.2, 0) is 23.9 Å². The van der Waals surface area contributed by atoms with Gasteiger partial charge in [0.05, 0.1) is 46.0 Å². The van der Waals surface area contributed by atoms with Crippen molar-refractivity contribution in [2.45, 2.75) is 78.1 Å². The number of β-amino-alcohol motifs (C(OH)–C–C–N with tert-alkyl or cyclic N) is 1. The van der Waals surface area contributed by atoms with Gasteiger partial charge in [-0.25, -0.2) is 9.97 Å². The first-order valence-corrected chi connectivity index (χ1v) is 22.1. The van der Waals surface area contributed by atoms with Crippen LogP contribution in [-0.4, -0.2) is 110 Å². The number of thiazole rings is 1. The number of carbonyl (C=O) groups excluding carboxylic acids is 3. The van der Waals surface area contributed by atoms with Gasteiger partial charge in [-0.3, -0.25) is 14.4 Å². The zero-order chi connectivity index (χ0) is 44.4. The predicted octanol–water partition coefficient (Wildman–Crippen LogP) is 6.96. The average molecular weight is 865 g/mol. The van der Waals surface area contributed by atoms with Gasteiger partial charge in [-0.05, 0) is 73.2 Å². The molecule has 5 aromatic rings. The number of carbonyl (C=O) groups is 3. The van der Waals surface area contributed by atoms with E-state index in [1.807, 2.05) is 103 Å². The number of likely N-dealkylation sites (tertiary alicyclic amines) is 1. The molecule has 0 bridgehead atoms. The lowest BCUT2D eigenvalue weighted by molar-refractivity contribution is -0.144. The number of hydrogen-bond donors (Lipinski definition) is 3. The van der Waals surface area contributed by atoms with E-state index in [-0.39, 0.29) is 31.5 Å². The Morgan fingerprint density at radius 2 is 1.60 bits per heavy atom. The van der Waals surface area contributed by atoms with Crippen LogP contribution in [0.2, 0.25) is 0 Å². The third-order valence-electron chi connectivity index (χ3n) is 10.9. The Morgan fingerprint density at radius 1 is 0.903 bits per heavy atom. The van der Waals surface area contributed by atoms with Crippen molar-refractivity contribution in [1.82, 2.24) is 25.5 Å². The van der Waals surface area contributed by atoms with Gasteiger partial charge in [0, 0.05) is 69.9 Å². The summed E-state index contributed by atoms with van der Waals surface area (Å²) in [5.74, 6) is -0.450. The van der Waals surface area contributed by atoms with Crippen LogP contribution < -0.4 is 20.3 Å². The second-order valence-electron chi connectivity index (χ2n) is 17.1. The van der Waals surface area contributed by atoms with Crippen LogP contribution in [0.5, 0.6) is 5.75 Å². The van der Waals surface area contributed by atoms with Crippen LogP contribution in [0, 0.1) is 12.3 Å². The van der Waals surface area contributed by atoms with E-state index in [1.165, 1.54) is 4.90 Å². The monoisotopic (exact) mass is 864 g/mol. The fourth-order valence-electron chi connectivity index (χ4n) is 7.38. The predicted molar refractivity (Wildman–Crippen MR) is 244 cm³/mol. The summed E-state index contributed by atoms with van der Waals surface area (Å²) in [5.41, 5.74) is 8.11. The molecule has 0 aliphatic carbocycles. The topological polar surface area (TPSA) is 155 Å². The minimum atomic E-state index is -0.944. The number of anilines is 1. The molecule has 3 heterocycles. The third kappa shape index (κ3) is 12.2. The SMILES string of the molecule is Cc1ncsc1-c1ccc(C(C)NC(=O)[C@@H]2C[C@@H](O)CN2C(=O)C(NC(=O)COCCCOCCCOc2ccc3nc(-c4ccc(N(C)C)cc4)ccc3c2)C(C)(C)C)cc1. The molecule has 13 nitrogen and oxygen atoms in total. The molecular weight excluding hydrogens is 805 g/mol. The van der Waals surface area contributed by atoms with Gasteiger partial charge in [-0.15, -0.1) is 11.3 Å². The molecule has 6 rings (SSSR count). The number of nitrogens with zero attached hydrogens (tertiary/aromatic N) is 4. The number of rotatable bonds is 19. The summed E-state index contributed by atoms with van der Waals surface area (Å²) in [6.07, 6.45) is 0.540. The molecule has 2 unspecified atom stereocenters.